The highest BCUT2D eigenvalue weighted by atomic mass is 35.5. The molecule has 1 saturated heterocycles. The van der Waals surface area contributed by atoms with Crippen LogP contribution in [0.2, 0.25) is 5.02 Å². The predicted molar refractivity (Wildman–Crippen MR) is 110 cm³/mol. The summed E-state index contributed by atoms with van der Waals surface area (Å²) >= 11 is 5.84. The Labute approximate surface area is 192 Å². The van der Waals surface area contributed by atoms with Crippen molar-refractivity contribution < 1.29 is 35.2 Å². The molecule has 1 saturated carbocycles. The minimum atomic E-state index is -4.71. The highest BCUT2D eigenvalue weighted by Crippen LogP contribution is 2.59. The monoisotopic (exact) mass is 507 g/mol. The average Bonchev–Trinajstić information content (AvgIpc) is 3.57. The minimum absolute atomic E-state index is 0.190. The molecule has 2 fully saturated rings. The number of rotatable bonds is 4. The minimum Gasteiger partial charge on any atom is -0.342 e. The van der Waals surface area contributed by atoms with Gasteiger partial charge in [0.1, 0.15) is 21.8 Å². The van der Waals surface area contributed by atoms with Crippen molar-refractivity contribution in [3.63, 3.8) is 0 Å². The number of halogens is 6. The van der Waals surface area contributed by atoms with E-state index in [-0.39, 0.29) is 35.8 Å². The molecule has 2 aromatic carbocycles. The van der Waals surface area contributed by atoms with E-state index in [1.54, 1.807) is 0 Å². The van der Waals surface area contributed by atoms with Crippen LogP contribution in [0, 0.1) is 17.0 Å². The Balaban J connectivity index is 1.74. The molecule has 0 N–H and O–H groups in total. The second-order valence-corrected chi connectivity index (χ2v) is 11.1. The molecule has 1 aliphatic carbocycles. The van der Waals surface area contributed by atoms with Gasteiger partial charge in [-0.3, -0.25) is 4.79 Å². The van der Waals surface area contributed by atoms with Gasteiger partial charge in [0.15, 0.2) is 9.84 Å². The summed E-state index contributed by atoms with van der Waals surface area (Å²) in [6.45, 7) is -0.696. The maximum atomic E-state index is 14.8. The number of hydrogen-bond donors (Lipinski definition) is 0. The zero-order valence-corrected chi connectivity index (χ0v) is 18.7. The Morgan fingerprint density at radius 3 is 2.03 bits per heavy atom. The number of sulfone groups is 1. The van der Waals surface area contributed by atoms with Gasteiger partial charge in [-0.15, -0.1) is 0 Å². The average molecular weight is 508 g/mol. The summed E-state index contributed by atoms with van der Waals surface area (Å²) in [7, 11) is -4.36. The van der Waals surface area contributed by atoms with Gasteiger partial charge in [0.05, 0.1) is 4.90 Å². The molecule has 11 heteroatoms. The highest BCUT2D eigenvalue weighted by Gasteiger charge is 2.69. The standard InChI is InChI=1S/C22H19ClF5NO3S/c23-14-1-4-16(5-2-14)33(31,32)21(17-13-15(24)3-6-18(17)25)9-11-29(12-10-21)19(30)20(7-8-20)22(26,27)28/h1-6,13H,7-12H2. The van der Waals surface area contributed by atoms with Crippen LogP contribution < -0.4 is 0 Å². The smallest absolute Gasteiger partial charge is 0.342 e. The van der Waals surface area contributed by atoms with Crippen LogP contribution in [0.5, 0.6) is 0 Å². The number of nitrogens with zero attached hydrogens (tertiary/aromatic N) is 1. The molecule has 33 heavy (non-hydrogen) atoms. The molecule has 0 bridgehead atoms. The zero-order valence-electron chi connectivity index (χ0n) is 17.1. The predicted octanol–water partition coefficient (Wildman–Crippen LogP) is 5.25. The fraction of sp³-hybridized carbons (Fsp3) is 0.409. The van der Waals surface area contributed by atoms with E-state index in [2.05, 4.69) is 0 Å². The first-order valence-electron chi connectivity index (χ1n) is 10.2. The summed E-state index contributed by atoms with van der Waals surface area (Å²) < 4.78 is 94.6. The van der Waals surface area contributed by atoms with Crippen molar-refractivity contribution in [1.82, 2.24) is 4.90 Å². The van der Waals surface area contributed by atoms with E-state index >= 15 is 0 Å². The van der Waals surface area contributed by atoms with E-state index in [4.69, 9.17) is 11.6 Å². The quantitative estimate of drug-likeness (QED) is 0.531. The first-order chi connectivity index (χ1) is 15.3. The van der Waals surface area contributed by atoms with Crippen LogP contribution in [-0.4, -0.2) is 38.5 Å². The molecule has 2 aliphatic rings. The van der Waals surface area contributed by atoms with Gasteiger partial charge >= 0.3 is 6.18 Å². The number of benzene rings is 2. The molecule has 1 aliphatic heterocycles. The molecule has 0 aromatic heterocycles. The number of carbonyl (C=O) groups excluding carboxylic acids is 1. The Kier molecular flexibility index (Phi) is 5.76. The first-order valence-corrected chi connectivity index (χ1v) is 12.0. The van der Waals surface area contributed by atoms with E-state index in [0.717, 1.165) is 23.1 Å². The molecule has 0 unspecified atom stereocenters. The van der Waals surface area contributed by atoms with E-state index in [0.29, 0.717) is 0 Å². The second kappa shape index (κ2) is 7.94. The third-order valence-electron chi connectivity index (χ3n) is 6.62. The van der Waals surface area contributed by atoms with Crippen LogP contribution in [0.1, 0.15) is 31.2 Å². The topological polar surface area (TPSA) is 54.5 Å². The van der Waals surface area contributed by atoms with Crippen molar-refractivity contribution in [1.29, 1.82) is 0 Å². The summed E-state index contributed by atoms with van der Waals surface area (Å²) in [6.07, 6.45) is -6.13. The number of hydrogen-bond acceptors (Lipinski definition) is 3. The summed E-state index contributed by atoms with van der Waals surface area (Å²) in [5, 5.41) is 0.266. The number of piperidine rings is 1. The molecule has 0 spiro atoms. The van der Waals surface area contributed by atoms with E-state index in [9.17, 15) is 35.2 Å². The fourth-order valence-electron chi connectivity index (χ4n) is 4.49. The first kappa shape index (κ1) is 23.9. The SMILES string of the molecule is O=C(N1CCC(c2cc(F)ccc2F)(S(=O)(=O)c2ccc(Cl)cc2)CC1)C1(C(F)(F)F)CC1. The molecule has 1 heterocycles. The van der Waals surface area contributed by atoms with Crippen LogP contribution >= 0.6 is 11.6 Å². The Morgan fingerprint density at radius 1 is 0.939 bits per heavy atom. The molecule has 0 atom stereocenters. The lowest BCUT2D eigenvalue weighted by atomic mass is 9.87. The molecular weight excluding hydrogens is 489 g/mol. The van der Waals surface area contributed by atoms with Crippen molar-refractivity contribution in [2.75, 3.05) is 13.1 Å². The number of amides is 1. The van der Waals surface area contributed by atoms with Crippen LogP contribution in [0.15, 0.2) is 47.4 Å². The lowest BCUT2D eigenvalue weighted by Gasteiger charge is -2.42. The van der Waals surface area contributed by atoms with Gasteiger partial charge in [-0.05, 0) is 68.1 Å². The van der Waals surface area contributed by atoms with Gasteiger partial charge < -0.3 is 4.90 Å². The summed E-state index contributed by atoms with van der Waals surface area (Å²) in [4.78, 5) is 13.5. The largest absolute Gasteiger partial charge is 0.403 e. The number of carbonyl (C=O) groups is 1. The maximum Gasteiger partial charge on any atom is 0.403 e. The molecule has 4 rings (SSSR count). The van der Waals surface area contributed by atoms with Crippen LogP contribution in [0.4, 0.5) is 22.0 Å². The third kappa shape index (κ3) is 3.80. The van der Waals surface area contributed by atoms with Crippen LogP contribution in [0.25, 0.3) is 0 Å². The second-order valence-electron chi connectivity index (χ2n) is 8.45. The van der Waals surface area contributed by atoms with Gasteiger partial charge in [0.2, 0.25) is 5.91 Å². The molecular formula is C22H19ClF5NO3S. The van der Waals surface area contributed by atoms with Crippen molar-refractivity contribution in [2.24, 2.45) is 5.41 Å². The highest BCUT2D eigenvalue weighted by molar-refractivity contribution is 7.92. The van der Waals surface area contributed by atoms with Crippen molar-refractivity contribution in [2.45, 2.75) is 41.5 Å². The van der Waals surface area contributed by atoms with Crippen molar-refractivity contribution >= 4 is 27.3 Å². The van der Waals surface area contributed by atoms with Gasteiger partial charge in [-0.1, -0.05) is 11.6 Å². The summed E-state index contributed by atoms with van der Waals surface area (Å²) in [6, 6.07) is 7.59. The van der Waals surface area contributed by atoms with Crippen molar-refractivity contribution in [3.8, 4) is 0 Å². The van der Waals surface area contributed by atoms with E-state index in [1.807, 2.05) is 0 Å². The zero-order chi connectivity index (χ0) is 24.2. The third-order valence-corrected chi connectivity index (χ3v) is 9.42. The van der Waals surface area contributed by atoms with Gasteiger partial charge in [-0.2, -0.15) is 13.2 Å². The summed E-state index contributed by atoms with van der Waals surface area (Å²) in [5.74, 6) is -2.92. The lowest BCUT2D eigenvalue weighted by molar-refractivity contribution is -0.199. The normalized spacial score (nSPS) is 19.9. The molecule has 2 aromatic rings. The number of likely N-dealkylation sites (tertiary alicyclic amines) is 1. The molecule has 1 amide bonds. The van der Waals surface area contributed by atoms with Gasteiger partial charge in [0.25, 0.3) is 0 Å². The van der Waals surface area contributed by atoms with Crippen molar-refractivity contribution in [3.05, 3.63) is 64.7 Å². The van der Waals surface area contributed by atoms with Gasteiger partial charge in [-0.25, -0.2) is 17.2 Å². The van der Waals surface area contributed by atoms with E-state index in [1.165, 1.54) is 24.3 Å². The van der Waals surface area contributed by atoms with Gasteiger partial charge in [0, 0.05) is 23.7 Å². The maximum absolute atomic E-state index is 14.8. The molecule has 4 nitrogen and oxygen atoms in total. The Bertz CT molecular complexity index is 1190. The Hall–Kier alpha value is -2.20. The fourth-order valence-corrected chi connectivity index (χ4v) is 6.72. The van der Waals surface area contributed by atoms with Crippen LogP contribution in [0.3, 0.4) is 0 Å². The Morgan fingerprint density at radius 2 is 1.52 bits per heavy atom. The summed E-state index contributed by atoms with van der Waals surface area (Å²) in [5.41, 5.74) is -2.85. The van der Waals surface area contributed by atoms with Crippen LogP contribution in [-0.2, 0) is 19.4 Å². The lowest BCUT2D eigenvalue weighted by Crippen LogP contribution is -2.52. The molecule has 0 radical (unpaired) electrons. The molecule has 178 valence electrons. The number of alkyl halides is 3. The van der Waals surface area contributed by atoms with E-state index < -0.39 is 62.1 Å².